The Hall–Kier alpha value is 0.560. The molecule has 0 N–H and O–H groups in total. The van der Waals surface area contributed by atoms with Crippen LogP contribution in [-0.4, -0.2) is 17.8 Å². The van der Waals surface area contributed by atoms with Crippen molar-refractivity contribution < 1.29 is 31.9 Å². The monoisotopic (exact) mass is 401 g/mol. The Bertz CT molecular complexity index is 142. The summed E-state index contributed by atoms with van der Waals surface area (Å²) in [5.74, 6) is -0.0173. The van der Waals surface area contributed by atoms with Crippen LogP contribution in [0.5, 0.6) is 0 Å². The molecule has 1 unspecified atom stereocenters. The topological polar surface area (TPSA) is 26.3 Å². The van der Waals surface area contributed by atoms with E-state index in [4.69, 9.17) is 4.74 Å². The van der Waals surface area contributed by atoms with E-state index in [1.165, 1.54) is 12.8 Å². The van der Waals surface area contributed by atoms with Crippen molar-refractivity contribution in [3.63, 3.8) is 0 Å². The van der Waals surface area contributed by atoms with Gasteiger partial charge in [0.25, 0.3) is 0 Å². The number of carbonyl (C=O) groups excluding carboxylic acids is 1. The van der Waals surface area contributed by atoms with Gasteiger partial charge in [-0.1, -0.05) is 26.7 Å². The van der Waals surface area contributed by atoms with Crippen molar-refractivity contribution in [2.45, 2.75) is 52.1 Å². The molecule has 0 aromatic rings. The second kappa shape index (κ2) is 11.6. The molecular weight excluding hydrogens is 381 g/mol. The van der Waals surface area contributed by atoms with E-state index in [0.717, 1.165) is 19.3 Å². The van der Waals surface area contributed by atoms with E-state index in [1.807, 2.05) is 6.92 Å². The fourth-order valence-electron chi connectivity index (χ4n) is 1.19. The third kappa shape index (κ3) is 9.13. The normalized spacial score (nSPS) is 11.6. The zero-order valence-corrected chi connectivity index (χ0v) is 11.9. The molecule has 0 amide bonds. The van der Waals surface area contributed by atoms with E-state index in [0.29, 0.717) is 0 Å². The smallest absolute Gasteiger partial charge is 0.315 e. The molecule has 0 heterocycles. The predicted octanol–water partition coefficient (Wildman–Crippen LogP) is 2.82. The predicted molar refractivity (Wildman–Crippen MR) is 58.2 cm³/mol. The van der Waals surface area contributed by atoms with Gasteiger partial charge in [0.05, 0.1) is 5.75 Å². The second-order valence-electron chi connectivity index (χ2n) is 3.17. The minimum absolute atomic E-state index is 0. The summed E-state index contributed by atoms with van der Waals surface area (Å²) in [6, 6.07) is 0. The number of thiol groups is 1. The first-order chi connectivity index (χ1) is 6.24. The molecule has 89 valence electrons. The Kier molecular flexibility index (Phi) is 14.1. The summed E-state index contributed by atoms with van der Waals surface area (Å²) in [5.41, 5.74) is 0. The van der Waals surface area contributed by atoms with Crippen molar-refractivity contribution >= 4 is 18.6 Å². The van der Waals surface area contributed by atoms with E-state index in [9.17, 15) is 4.79 Å². The Morgan fingerprint density at radius 2 is 2.00 bits per heavy atom. The van der Waals surface area contributed by atoms with Crippen LogP contribution in [0, 0.1) is 0 Å². The van der Waals surface area contributed by atoms with Gasteiger partial charge in [-0.15, -0.1) is 0 Å². The van der Waals surface area contributed by atoms with E-state index in [2.05, 4.69) is 19.6 Å². The van der Waals surface area contributed by atoms with E-state index in [1.54, 1.807) is 0 Å². The maximum absolute atomic E-state index is 10.9. The van der Waals surface area contributed by atoms with Crippen LogP contribution in [0.2, 0.25) is 0 Å². The standard InChI is InChI=1S/C10H20O2S.Au/c1-3-5-6-7-9(4-2)12-10(11)8-13;/h9,13H,3-8H2,1-2H3;. The summed E-state index contributed by atoms with van der Waals surface area (Å²) in [5, 5.41) is 0. The fourth-order valence-corrected chi connectivity index (χ4v) is 1.27. The molecule has 0 aliphatic carbocycles. The molecule has 2 nitrogen and oxygen atoms in total. The fraction of sp³-hybridized carbons (Fsp3) is 0.900. The van der Waals surface area contributed by atoms with E-state index >= 15 is 0 Å². The molecule has 14 heavy (non-hydrogen) atoms. The first-order valence-electron chi connectivity index (χ1n) is 5.04. The summed E-state index contributed by atoms with van der Waals surface area (Å²) in [6.07, 6.45) is 5.57. The third-order valence-corrected chi connectivity index (χ3v) is 2.27. The van der Waals surface area contributed by atoms with Crippen molar-refractivity contribution in [3.05, 3.63) is 0 Å². The molecule has 0 bridgehead atoms. The molecule has 0 aliphatic heterocycles. The summed E-state index contributed by atoms with van der Waals surface area (Å²) >= 11 is 3.86. The quantitative estimate of drug-likeness (QED) is 0.307. The van der Waals surface area contributed by atoms with Crippen LogP contribution in [-0.2, 0) is 31.9 Å². The average Bonchev–Trinajstić information content (AvgIpc) is 2.16. The summed E-state index contributed by atoms with van der Waals surface area (Å²) in [4.78, 5) is 10.9. The first-order valence-corrected chi connectivity index (χ1v) is 5.68. The van der Waals surface area contributed by atoms with Gasteiger partial charge in [-0.2, -0.15) is 12.6 Å². The van der Waals surface area contributed by atoms with Crippen LogP contribution in [0.3, 0.4) is 0 Å². The maximum atomic E-state index is 10.9. The molecule has 0 spiro atoms. The van der Waals surface area contributed by atoms with Gasteiger partial charge in [0.2, 0.25) is 0 Å². The molecule has 4 heteroatoms. The van der Waals surface area contributed by atoms with Crippen LogP contribution < -0.4 is 0 Å². The van der Waals surface area contributed by atoms with Crippen molar-refractivity contribution in [2.75, 3.05) is 5.75 Å². The largest absolute Gasteiger partial charge is 0.462 e. The number of unbranched alkanes of at least 4 members (excludes halogenated alkanes) is 2. The number of hydrogen-bond donors (Lipinski definition) is 1. The van der Waals surface area contributed by atoms with Gasteiger partial charge in [0, 0.05) is 22.4 Å². The number of esters is 1. The summed E-state index contributed by atoms with van der Waals surface area (Å²) < 4.78 is 5.18. The van der Waals surface area contributed by atoms with E-state index in [-0.39, 0.29) is 40.2 Å². The van der Waals surface area contributed by atoms with Gasteiger partial charge in [-0.05, 0) is 19.3 Å². The van der Waals surface area contributed by atoms with Gasteiger partial charge in [0.15, 0.2) is 0 Å². The van der Waals surface area contributed by atoms with Crippen molar-refractivity contribution in [3.8, 4) is 0 Å². The molecule has 0 saturated carbocycles. The molecule has 1 atom stereocenters. The minimum Gasteiger partial charge on any atom is -0.462 e. The molecule has 1 radical (unpaired) electrons. The molecule has 0 saturated heterocycles. The average molecular weight is 401 g/mol. The number of hydrogen-bond acceptors (Lipinski definition) is 3. The third-order valence-electron chi connectivity index (χ3n) is 2.01. The molecule has 0 aliphatic rings. The van der Waals surface area contributed by atoms with Gasteiger partial charge >= 0.3 is 5.97 Å². The molecular formula is C10H20AuO2S. The molecule has 0 aromatic carbocycles. The van der Waals surface area contributed by atoms with Gasteiger partial charge < -0.3 is 4.74 Å². The number of ether oxygens (including phenoxy) is 1. The number of carbonyl (C=O) groups is 1. The van der Waals surface area contributed by atoms with Crippen LogP contribution in [0.1, 0.15) is 46.0 Å². The minimum atomic E-state index is -0.202. The van der Waals surface area contributed by atoms with E-state index < -0.39 is 0 Å². The Labute approximate surface area is 108 Å². The second-order valence-corrected chi connectivity index (χ2v) is 3.49. The van der Waals surface area contributed by atoms with Crippen LogP contribution >= 0.6 is 12.6 Å². The van der Waals surface area contributed by atoms with Gasteiger partial charge in [-0.25, -0.2) is 0 Å². The Morgan fingerprint density at radius 3 is 2.43 bits per heavy atom. The Balaban J connectivity index is 0. The molecule has 0 aromatic heterocycles. The SMILES string of the molecule is CCCCCC(CC)OC(=O)CS.[Au]. The Morgan fingerprint density at radius 1 is 1.36 bits per heavy atom. The maximum Gasteiger partial charge on any atom is 0.315 e. The summed E-state index contributed by atoms with van der Waals surface area (Å²) in [7, 11) is 0. The number of rotatable bonds is 7. The zero-order valence-electron chi connectivity index (χ0n) is 8.89. The van der Waals surface area contributed by atoms with Crippen molar-refractivity contribution in [2.24, 2.45) is 0 Å². The van der Waals surface area contributed by atoms with Crippen molar-refractivity contribution in [1.82, 2.24) is 0 Å². The van der Waals surface area contributed by atoms with Crippen LogP contribution in [0.4, 0.5) is 0 Å². The van der Waals surface area contributed by atoms with Crippen molar-refractivity contribution in [1.29, 1.82) is 0 Å². The van der Waals surface area contributed by atoms with Crippen LogP contribution in [0.15, 0.2) is 0 Å². The zero-order chi connectivity index (χ0) is 10.1. The van der Waals surface area contributed by atoms with Crippen LogP contribution in [0.25, 0.3) is 0 Å². The first kappa shape index (κ1) is 17.0. The van der Waals surface area contributed by atoms with Gasteiger partial charge in [-0.3, -0.25) is 4.79 Å². The molecule has 0 fully saturated rings. The molecule has 0 rings (SSSR count). The van der Waals surface area contributed by atoms with Gasteiger partial charge in [0.1, 0.15) is 6.10 Å². The summed E-state index contributed by atoms with van der Waals surface area (Å²) in [6.45, 7) is 4.21.